The Hall–Kier alpha value is -1.35. The van der Waals surface area contributed by atoms with Crippen molar-refractivity contribution >= 4 is 5.97 Å². The predicted octanol–water partition coefficient (Wildman–Crippen LogP) is 1.65. The number of nitrogens with two attached hydrogens (primary N) is 1. The van der Waals surface area contributed by atoms with Crippen molar-refractivity contribution < 1.29 is 9.90 Å². The maximum atomic E-state index is 10.5. The molecule has 15 heavy (non-hydrogen) atoms. The lowest BCUT2D eigenvalue weighted by Crippen LogP contribution is -2.20. The Labute approximate surface area is 88.9 Å². The molecule has 0 saturated heterocycles. The zero-order chi connectivity index (χ0) is 10.9. The Kier molecular flexibility index (Phi) is 2.49. The summed E-state index contributed by atoms with van der Waals surface area (Å²) in [6, 6.07) is 7.90. The van der Waals surface area contributed by atoms with Gasteiger partial charge in [-0.1, -0.05) is 24.3 Å². The van der Waals surface area contributed by atoms with Crippen LogP contribution in [0, 0.1) is 0 Å². The SMILES string of the molecule is NC1(c2ccccc2CCC(=O)O)CC1. The third-order valence-corrected chi connectivity index (χ3v) is 2.95. The first-order valence-electron chi connectivity index (χ1n) is 5.21. The van der Waals surface area contributed by atoms with E-state index in [9.17, 15) is 4.79 Å². The monoisotopic (exact) mass is 205 g/mol. The van der Waals surface area contributed by atoms with Gasteiger partial charge in [-0.05, 0) is 30.4 Å². The van der Waals surface area contributed by atoms with E-state index in [1.807, 2.05) is 24.3 Å². The third kappa shape index (κ3) is 2.18. The van der Waals surface area contributed by atoms with Gasteiger partial charge < -0.3 is 10.8 Å². The van der Waals surface area contributed by atoms with E-state index >= 15 is 0 Å². The Balaban J connectivity index is 2.19. The van der Waals surface area contributed by atoms with Crippen LogP contribution in [0.25, 0.3) is 0 Å². The van der Waals surface area contributed by atoms with E-state index in [4.69, 9.17) is 10.8 Å². The van der Waals surface area contributed by atoms with Gasteiger partial charge in [0.05, 0.1) is 0 Å². The second-order valence-electron chi connectivity index (χ2n) is 4.21. The number of carbonyl (C=O) groups is 1. The van der Waals surface area contributed by atoms with Crippen molar-refractivity contribution in [3.63, 3.8) is 0 Å². The predicted molar refractivity (Wildman–Crippen MR) is 57.5 cm³/mol. The molecule has 0 atom stereocenters. The average molecular weight is 205 g/mol. The summed E-state index contributed by atoms with van der Waals surface area (Å²) in [5.74, 6) is -0.758. The molecule has 2 rings (SSSR count). The first kappa shape index (κ1) is 10.2. The zero-order valence-electron chi connectivity index (χ0n) is 8.57. The zero-order valence-corrected chi connectivity index (χ0v) is 8.57. The molecular weight excluding hydrogens is 190 g/mol. The van der Waals surface area contributed by atoms with Gasteiger partial charge in [-0.2, -0.15) is 0 Å². The summed E-state index contributed by atoms with van der Waals surface area (Å²) in [6.07, 6.45) is 2.77. The van der Waals surface area contributed by atoms with Gasteiger partial charge in [-0.3, -0.25) is 4.79 Å². The lowest BCUT2D eigenvalue weighted by atomic mass is 9.96. The van der Waals surface area contributed by atoms with Crippen molar-refractivity contribution in [2.45, 2.75) is 31.2 Å². The molecule has 0 spiro atoms. The fourth-order valence-electron chi connectivity index (χ4n) is 1.87. The Morgan fingerprint density at radius 2 is 2.07 bits per heavy atom. The molecule has 3 N–H and O–H groups in total. The summed E-state index contributed by atoms with van der Waals surface area (Å²) < 4.78 is 0. The summed E-state index contributed by atoms with van der Waals surface area (Å²) in [5, 5.41) is 8.65. The molecule has 3 heteroatoms. The van der Waals surface area contributed by atoms with Gasteiger partial charge in [0.15, 0.2) is 0 Å². The van der Waals surface area contributed by atoms with E-state index < -0.39 is 5.97 Å². The maximum Gasteiger partial charge on any atom is 0.303 e. The molecule has 1 aromatic carbocycles. The van der Waals surface area contributed by atoms with Crippen LogP contribution >= 0.6 is 0 Å². The minimum atomic E-state index is -0.758. The molecule has 0 bridgehead atoms. The standard InChI is InChI=1S/C12H15NO2/c13-12(7-8-12)10-4-2-1-3-9(10)5-6-11(14)15/h1-4H,5-8,13H2,(H,14,15). The van der Waals surface area contributed by atoms with Gasteiger partial charge in [-0.25, -0.2) is 0 Å². The summed E-state index contributed by atoms with van der Waals surface area (Å²) in [5.41, 5.74) is 8.17. The molecule has 1 saturated carbocycles. The fourth-order valence-corrected chi connectivity index (χ4v) is 1.87. The molecule has 80 valence electrons. The molecule has 0 aromatic heterocycles. The van der Waals surface area contributed by atoms with Crippen molar-refractivity contribution in [3.05, 3.63) is 35.4 Å². The van der Waals surface area contributed by atoms with Crippen LogP contribution in [0.3, 0.4) is 0 Å². The Bertz CT molecular complexity index is 383. The highest BCUT2D eigenvalue weighted by atomic mass is 16.4. The molecule has 1 aliphatic carbocycles. The van der Waals surface area contributed by atoms with Crippen LogP contribution in [0.5, 0.6) is 0 Å². The van der Waals surface area contributed by atoms with Gasteiger partial charge in [0.25, 0.3) is 0 Å². The third-order valence-electron chi connectivity index (χ3n) is 2.95. The number of carboxylic acid groups (broad SMARTS) is 1. The smallest absolute Gasteiger partial charge is 0.303 e. The molecule has 1 aromatic rings. The quantitative estimate of drug-likeness (QED) is 0.785. The lowest BCUT2D eigenvalue weighted by molar-refractivity contribution is -0.136. The number of aliphatic carboxylic acids is 1. The van der Waals surface area contributed by atoms with Crippen LogP contribution in [0.2, 0.25) is 0 Å². The first-order chi connectivity index (χ1) is 7.12. The van der Waals surface area contributed by atoms with E-state index in [0.29, 0.717) is 6.42 Å². The summed E-state index contributed by atoms with van der Waals surface area (Å²) in [6.45, 7) is 0. The number of carboxylic acids is 1. The summed E-state index contributed by atoms with van der Waals surface area (Å²) >= 11 is 0. The molecule has 0 radical (unpaired) electrons. The van der Waals surface area contributed by atoms with E-state index in [1.54, 1.807) is 0 Å². The van der Waals surface area contributed by atoms with Crippen LogP contribution < -0.4 is 5.73 Å². The highest BCUT2D eigenvalue weighted by molar-refractivity contribution is 5.67. The number of rotatable bonds is 4. The van der Waals surface area contributed by atoms with Crippen LogP contribution in [0.1, 0.15) is 30.4 Å². The molecule has 0 heterocycles. The van der Waals surface area contributed by atoms with E-state index in [-0.39, 0.29) is 12.0 Å². The fraction of sp³-hybridized carbons (Fsp3) is 0.417. The van der Waals surface area contributed by atoms with Crippen LogP contribution in [0.15, 0.2) is 24.3 Å². The van der Waals surface area contributed by atoms with Gasteiger partial charge >= 0.3 is 5.97 Å². The van der Waals surface area contributed by atoms with Crippen LogP contribution in [-0.4, -0.2) is 11.1 Å². The average Bonchev–Trinajstić information content (AvgIpc) is 2.95. The highest BCUT2D eigenvalue weighted by Gasteiger charge is 2.41. The van der Waals surface area contributed by atoms with E-state index in [2.05, 4.69) is 0 Å². The van der Waals surface area contributed by atoms with Gasteiger partial charge in [0, 0.05) is 12.0 Å². The van der Waals surface area contributed by atoms with Crippen molar-refractivity contribution in [2.75, 3.05) is 0 Å². The lowest BCUT2D eigenvalue weighted by Gasteiger charge is -2.14. The van der Waals surface area contributed by atoms with Crippen LogP contribution in [0.4, 0.5) is 0 Å². The second-order valence-corrected chi connectivity index (χ2v) is 4.21. The number of aryl methyl sites for hydroxylation is 1. The number of hydrogen-bond acceptors (Lipinski definition) is 2. The molecule has 0 aliphatic heterocycles. The van der Waals surface area contributed by atoms with Gasteiger partial charge in [0.2, 0.25) is 0 Å². The number of benzene rings is 1. The van der Waals surface area contributed by atoms with Crippen LogP contribution in [-0.2, 0) is 16.8 Å². The largest absolute Gasteiger partial charge is 0.481 e. The van der Waals surface area contributed by atoms with Crippen molar-refractivity contribution in [2.24, 2.45) is 5.73 Å². The molecular formula is C12H15NO2. The molecule has 1 fully saturated rings. The summed E-state index contributed by atoms with van der Waals surface area (Å²) in [7, 11) is 0. The van der Waals surface area contributed by atoms with Crippen molar-refractivity contribution in [1.82, 2.24) is 0 Å². The molecule has 0 amide bonds. The van der Waals surface area contributed by atoms with Crippen molar-refractivity contribution in [3.8, 4) is 0 Å². The minimum Gasteiger partial charge on any atom is -0.481 e. The Morgan fingerprint density at radius 1 is 1.40 bits per heavy atom. The van der Waals surface area contributed by atoms with Gasteiger partial charge in [-0.15, -0.1) is 0 Å². The molecule has 3 nitrogen and oxygen atoms in total. The maximum absolute atomic E-state index is 10.5. The first-order valence-corrected chi connectivity index (χ1v) is 5.21. The van der Waals surface area contributed by atoms with E-state index in [0.717, 1.165) is 24.0 Å². The van der Waals surface area contributed by atoms with E-state index in [1.165, 1.54) is 0 Å². The Morgan fingerprint density at radius 3 is 2.67 bits per heavy atom. The normalized spacial score (nSPS) is 17.4. The second kappa shape index (κ2) is 3.66. The van der Waals surface area contributed by atoms with Gasteiger partial charge in [0.1, 0.15) is 0 Å². The highest BCUT2D eigenvalue weighted by Crippen LogP contribution is 2.44. The molecule has 0 unspecified atom stereocenters. The number of hydrogen-bond donors (Lipinski definition) is 2. The molecule has 1 aliphatic rings. The minimum absolute atomic E-state index is 0.172. The summed E-state index contributed by atoms with van der Waals surface area (Å²) in [4.78, 5) is 10.5. The topological polar surface area (TPSA) is 63.3 Å². The van der Waals surface area contributed by atoms with Crippen molar-refractivity contribution in [1.29, 1.82) is 0 Å².